The number of aliphatic hydroxyl groups excluding tert-OH is 1. The molecular formula is C15H21NO. The minimum absolute atomic E-state index is 0.131. The maximum Gasteiger partial charge on any atom is 0.0710 e. The molecule has 1 heterocycles. The quantitative estimate of drug-likeness (QED) is 0.857. The molecule has 2 heteroatoms. The van der Waals surface area contributed by atoms with E-state index >= 15 is 0 Å². The number of benzene rings is 1. The van der Waals surface area contributed by atoms with Crippen molar-refractivity contribution in [2.75, 3.05) is 13.1 Å². The molecule has 2 aliphatic rings. The van der Waals surface area contributed by atoms with Crippen LogP contribution in [0.1, 0.15) is 24.8 Å². The number of aliphatic hydroxyl groups is 1. The van der Waals surface area contributed by atoms with Gasteiger partial charge in [0, 0.05) is 19.1 Å². The van der Waals surface area contributed by atoms with Gasteiger partial charge in [0.15, 0.2) is 0 Å². The monoisotopic (exact) mass is 231 g/mol. The van der Waals surface area contributed by atoms with Crippen molar-refractivity contribution in [2.24, 2.45) is 5.92 Å². The zero-order valence-electron chi connectivity index (χ0n) is 10.3. The highest BCUT2D eigenvalue weighted by Gasteiger charge is 2.35. The summed E-state index contributed by atoms with van der Waals surface area (Å²) in [5.74, 6) is 0.915. The lowest BCUT2D eigenvalue weighted by atomic mass is 10.0. The molecular weight excluding hydrogens is 210 g/mol. The van der Waals surface area contributed by atoms with Crippen LogP contribution in [0, 0.1) is 5.92 Å². The maximum absolute atomic E-state index is 10.1. The van der Waals surface area contributed by atoms with Gasteiger partial charge < -0.3 is 5.11 Å². The van der Waals surface area contributed by atoms with E-state index in [-0.39, 0.29) is 6.10 Å². The van der Waals surface area contributed by atoms with E-state index in [1.165, 1.54) is 24.9 Å². The highest BCUT2D eigenvalue weighted by molar-refractivity contribution is 5.17. The average molecular weight is 231 g/mol. The molecule has 92 valence electrons. The molecule has 0 bridgehead atoms. The lowest BCUT2D eigenvalue weighted by Crippen LogP contribution is -2.38. The Balaban J connectivity index is 1.66. The molecule has 0 radical (unpaired) electrons. The molecule has 1 aliphatic heterocycles. The summed E-state index contributed by atoms with van der Waals surface area (Å²) in [6.45, 7) is 2.28. The topological polar surface area (TPSA) is 23.5 Å². The second kappa shape index (κ2) is 4.79. The summed E-state index contributed by atoms with van der Waals surface area (Å²) < 4.78 is 0. The summed E-state index contributed by atoms with van der Waals surface area (Å²) in [6.07, 6.45) is 4.60. The van der Waals surface area contributed by atoms with Gasteiger partial charge in [-0.2, -0.15) is 0 Å². The summed E-state index contributed by atoms with van der Waals surface area (Å²) in [5.41, 5.74) is 1.35. The van der Waals surface area contributed by atoms with E-state index in [0.717, 1.165) is 25.3 Å². The van der Waals surface area contributed by atoms with Crippen molar-refractivity contribution in [3.05, 3.63) is 35.9 Å². The van der Waals surface area contributed by atoms with Crippen molar-refractivity contribution >= 4 is 0 Å². The molecule has 1 saturated heterocycles. The van der Waals surface area contributed by atoms with Crippen LogP contribution in [0.5, 0.6) is 0 Å². The fraction of sp³-hybridized carbons (Fsp3) is 0.600. The Morgan fingerprint density at radius 2 is 1.88 bits per heavy atom. The van der Waals surface area contributed by atoms with Crippen molar-refractivity contribution in [3.63, 3.8) is 0 Å². The van der Waals surface area contributed by atoms with Crippen LogP contribution in [0.3, 0.4) is 0 Å². The third-order valence-corrected chi connectivity index (χ3v) is 4.10. The van der Waals surface area contributed by atoms with E-state index in [9.17, 15) is 5.11 Å². The van der Waals surface area contributed by atoms with Crippen LogP contribution in [-0.4, -0.2) is 35.2 Å². The number of rotatable bonds is 4. The van der Waals surface area contributed by atoms with Crippen molar-refractivity contribution in [3.8, 4) is 0 Å². The Bertz CT molecular complexity index is 360. The number of hydrogen-bond donors (Lipinski definition) is 1. The molecule has 1 N–H and O–H groups in total. The Hall–Kier alpha value is -0.860. The first-order valence-corrected chi connectivity index (χ1v) is 6.79. The van der Waals surface area contributed by atoms with E-state index in [0.29, 0.717) is 6.04 Å². The van der Waals surface area contributed by atoms with E-state index in [1.54, 1.807) is 0 Å². The summed E-state index contributed by atoms with van der Waals surface area (Å²) in [4.78, 5) is 2.51. The molecule has 0 amide bonds. The first-order chi connectivity index (χ1) is 8.33. The zero-order valence-corrected chi connectivity index (χ0v) is 10.3. The van der Waals surface area contributed by atoms with Crippen LogP contribution in [0.4, 0.5) is 0 Å². The smallest absolute Gasteiger partial charge is 0.0710 e. The molecule has 2 atom stereocenters. The van der Waals surface area contributed by atoms with Gasteiger partial charge in [0.1, 0.15) is 0 Å². The molecule has 1 aliphatic carbocycles. The van der Waals surface area contributed by atoms with E-state index in [2.05, 4.69) is 35.2 Å². The fourth-order valence-electron chi connectivity index (χ4n) is 2.88. The molecule has 1 aromatic rings. The van der Waals surface area contributed by atoms with Gasteiger partial charge >= 0.3 is 0 Å². The second-order valence-electron chi connectivity index (χ2n) is 5.55. The lowest BCUT2D eigenvalue weighted by molar-refractivity contribution is 0.113. The molecule has 1 aromatic carbocycles. The largest absolute Gasteiger partial charge is 0.391 e. The van der Waals surface area contributed by atoms with Crippen LogP contribution < -0.4 is 0 Å². The predicted molar refractivity (Wildman–Crippen MR) is 68.9 cm³/mol. The van der Waals surface area contributed by atoms with Gasteiger partial charge in [0.05, 0.1) is 6.10 Å². The Labute approximate surface area is 103 Å². The van der Waals surface area contributed by atoms with Crippen LogP contribution in [0.2, 0.25) is 0 Å². The van der Waals surface area contributed by atoms with Gasteiger partial charge in [0.2, 0.25) is 0 Å². The minimum atomic E-state index is -0.131. The molecule has 0 unspecified atom stereocenters. The summed E-state index contributed by atoms with van der Waals surface area (Å²) in [6, 6.07) is 10.9. The SMILES string of the molecule is O[C@@H]1CCN(CC2CC2)[C@H]1Cc1ccccc1. The molecule has 1 saturated carbocycles. The van der Waals surface area contributed by atoms with Crippen molar-refractivity contribution < 1.29 is 5.11 Å². The molecule has 0 spiro atoms. The van der Waals surface area contributed by atoms with Gasteiger partial charge in [-0.15, -0.1) is 0 Å². The third-order valence-electron chi connectivity index (χ3n) is 4.10. The summed E-state index contributed by atoms with van der Waals surface area (Å²) in [7, 11) is 0. The van der Waals surface area contributed by atoms with Gasteiger partial charge in [0.25, 0.3) is 0 Å². The van der Waals surface area contributed by atoms with Crippen LogP contribution in [-0.2, 0) is 6.42 Å². The first kappa shape index (κ1) is 11.2. The number of hydrogen-bond acceptors (Lipinski definition) is 2. The van der Waals surface area contributed by atoms with Gasteiger partial charge in [-0.3, -0.25) is 4.90 Å². The molecule has 2 nitrogen and oxygen atoms in total. The summed E-state index contributed by atoms with van der Waals surface area (Å²) >= 11 is 0. The highest BCUT2D eigenvalue weighted by atomic mass is 16.3. The van der Waals surface area contributed by atoms with Gasteiger partial charge in [-0.25, -0.2) is 0 Å². The molecule has 17 heavy (non-hydrogen) atoms. The average Bonchev–Trinajstić information content (AvgIpc) is 3.10. The Morgan fingerprint density at radius 1 is 1.12 bits per heavy atom. The normalized spacial score (nSPS) is 29.7. The van der Waals surface area contributed by atoms with Crippen LogP contribution in [0.25, 0.3) is 0 Å². The van der Waals surface area contributed by atoms with Crippen LogP contribution >= 0.6 is 0 Å². The van der Waals surface area contributed by atoms with Crippen molar-refractivity contribution in [1.29, 1.82) is 0 Å². The predicted octanol–water partition coefficient (Wildman–Crippen LogP) is 2.07. The Kier molecular flexibility index (Phi) is 3.17. The third kappa shape index (κ3) is 2.70. The molecule has 0 aromatic heterocycles. The Morgan fingerprint density at radius 3 is 2.59 bits per heavy atom. The minimum Gasteiger partial charge on any atom is -0.391 e. The van der Waals surface area contributed by atoms with Crippen molar-refractivity contribution in [2.45, 2.75) is 37.8 Å². The second-order valence-corrected chi connectivity index (χ2v) is 5.55. The highest BCUT2D eigenvalue weighted by Crippen LogP contribution is 2.33. The summed E-state index contributed by atoms with van der Waals surface area (Å²) in [5, 5.41) is 10.1. The number of likely N-dealkylation sites (tertiary alicyclic amines) is 1. The van der Waals surface area contributed by atoms with Gasteiger partial charge in [-0.1, -0.05) is 30.3 Å². The lowest BCUT2D eigenvalue weighted by Gasteiger charge is -2.26. The van der Waals surface area contributed by atoms with Gasteiger partial charge in [-0.05, 0) is 37.2 Å². The molecule has 3 rings (SSSR count). The number of nitrogens with zero attached hydrogens (tertiary/aromatic N) is 1. The maximum atomic E-state index is 10.1. The van der Waals surface area contributed by atoms with Crippen molar-refractivity contribution in [1.82, 2.24) is 4.90 Å². The zero-order chi connectivity index (χ0) is 11.7. The van der Waals surface area contributed by atoms with E-state index in [1.807, 2.05) is 0 Å². The van der Waals surface area contributed by atoms with E-state index in [4.69, 9.17) is 0 Å². The standard InChI is InChI=1S/C15H21NO/c17-15-8-9-16(11-13-6-7-13)14(15)10-12-4-2-1-3-5-12/h1-5,13-15,17H,6-11H2/t14-,15+/m0/s1. The van der Waals surface area contributed by atoms with E-state index < -0.39 is 0 Å². The molecule has 2 fully saturated rings. The first-order valence-electron chi connectivity index (χ1n) is 6.79. The fourth-order valence-corrected chi connectivity index (χ4v) is 2.88. The van der Waals surface area contributed by atoms with Crippen LogP contribution in [0.15, 0.2) is 30.3 Å².